The molecule has 0 spiro atoms. The van der Waals surface area contributed by atoms with Crippen LogP contribution in [0.4, 0.5) is 5.69 Å². The predicted octanol–water partition coefficient (Wildman–Crippen LogP) is 4.37. The standard InChI is InChI=1S/C25H33N3O4S/c1-4-28(5-2)25(30)20-10-9-11-21(18-20)26-24(29)19-14-16-23(17-15-19)33(31,32)27(3)22-12-7-6-8-13-22/h9-11,14-18,22H,4-8,12-13H2,1-3H3,(H,26,29). The summed E-state index contributed by atoms with van der Waals surface area (Å²) in [7, 11) is -1.97. The SMILES string of the molecule is CCN(CC)C(=O)c1cccc(NC(=O)c2ccc(S(=O)(=O)N(C)C3CCCCC3)cc2)c1. The highest BCUT2D eigenvalue weighted by molar-refractivity contribution is 7.89. The van der Waals surface area contributed by atoms with Gasteiger partial charge in [-0.25, -0.2) is 8.42 Å². The van der Waals surface area contributed by atoms with Gasteiger partial charge in [0.25, 0.3) is 11.8 Å². The van der Waals surface area contributed by atoms with Gasteiger partial charge in [-0.05, 0) is 69.2 Å². The lowest BCUT2D eigenvalue weighted by atomic mass is 9.96. The normalized spacial score (nSPS) is 14.8. The Hall–Kier alpha value is -2.71. The molecule has 1 N–H and O–H groups in total. The molecule has 0 radical (unpaired) electrons. The molecule has 0 aliphatic heterocycles. The van der Waals surface area contributed by atoms with Gasteiger partial charge in [0.1, 0.15) is 0 Å². The summed E-state index contributed by atoms with van der Waals surface area (Å²) in [5.74, 6) is -0.459. The molecule has 0 aromatic heterocycles. The van der Waals surface area contributed by atoms with E-state index in [1.54, 1.807) is 36.2 Å². The maximum absolute atomic E-state index is 13.0. The zero-order valence-corrected chi connectivity index (χ0v) is 20.4. The van der Waals surface area contributed by atoms with Crippen LogP contribution in [0.25, 0.3) is 0 Å². The van der Waals surface area contributed by atoms with E-state index in [1.165, 1.54) is 28.6 Å². The molecule has 7 nitrogen and oxygen atoms in total. The molecular weight excluding hydrogens is 438 g/mol. The number of sulfonamides is 1. The minimum atomic E-state index is -3.61. The van der Waals surface area contributed by atoms with Crippen LogP contribution >= 0.6 is 0 Å². The number of carbonyl (C=O) groups excluding carboxylic acids is 2. The Morgan fingerprint density at radius 1 is 0.939 bits per heavy atom. The summed E-state index contributed by atoms with van der Waals surface area (Å²) in [6.07, 6.45) is 5.01. The van der Waals surface area contributed by atoms with Crippen LogP contribution < -0.4 is 5.32 Å². The van der Waals surface area contributed by atoms with Gasteiger partial charge in [0.15, 0.2) is 0 Å². The number of hydrogen-bond donors (Lipinski definition) is 1. The lowest BCUT2D eigenvalue weighted by Gasteiger charge is -2.30. The Kier molecular flexibility index (Phi) is 8.26. The first-order chi connectivity index (χ1) is 15.8. The van der Waals surface area contributed by atoms with E-state index in [9.17, 15) is 18.0 Å². The molecule has 0 bridgehead atoms. The van der Waals surface area contributed by atoms with Gasteiger partial charge in [-0.1, -0.05) is 25.3 Å². The number of nitrogens with zero attached hydrogens (tertiary/aromatic N) is 2. The quantitative estimate of drug-likeness (QED) is 0.619. The summed E-state index contributed by atoms with van der Waals surface area (Å²) < 4.78 is 27.5. The number of carbonyl (C=O) groups is 2. The molecule has 0 saturated heterocycles. The maximum atomic E-state index is 13.0. The first-order valence-electron chi connectivity index (χ1n) is 11.6. The second kappa shape index (κ2) is 10.9. The van der Waals surface area contributed by atoms with Crippen LogP contribution in [0.3, 0.4) is 0 Å². The maximum Gasteiger partial charge on any atom is 0.255 e. The Balaban J connectivity index is 1.71. The van der Waals surface area contributed by atoms with Crippen molar-refractivity contribution < 1.29 is 18.0 Å². The van der Waals surface area contributed by atoms with Gasteiger partial charge in [0.2, 0.25) is 10.0 Å². The van der Waals surface area contributed by atoms with Gasteiger partial charge >= 0.3 is 0 Å². The van der Waals surface area contributed by atoms with Crippen molar-refractivity contribution in [2.24, 2.45) is 0 Å². The lowest BCUT2D eigenvalue weighted by Crippen LogP contribution is -2.38. The van der Waals surface area contributed by atoms with Crippen LogP contribution in [0.2, 0.25) is 0 Å². The van der Waals surface area contributed by atoms with Crippen LogP contribution in [0.15, 0.2) is 53.4 Å². The van der Waals surface area contributed by atoms with Gasteiger partial charge in [0, 0.05) is 43.0 Å². The fourth-order valence-electron chi connectivity index (χ4n) is 4.21. The smallest absolute Gasteiger partial charge is 0.255 e. The minimum Gasteiger partial charge on any atom is -0.339 e. The average molecular weight is 472 g/mol. The van der Waals surface area contributed by atoms with E-state index in [0.717, 1.165) is 32.1 Å². The fraction of sp³-hybridized carbons (Fsp3) is 0.440. The molecule has 3 rings (SSSR count). The minimum absolute atomic E-state index is 0.0260. The molecule has 1 aliphatic carbocycles. The molecule has 33 heavy (non-hydrogen) atoms. The Labute approximate surface area is 196 Å². The van der Waals surface area contributed by atoms with Crippen LogP contribution in [-0.2, 0) is 10.0 Å². The molecule has 2 aromatic rings. The number of nitrogens with one attached hydrogen (secondary N) is 1. The highest BCUT2D eigenvalue weighted by Gasteiger charge is 2.29. The zero-order chi connectivity index (χ0) is 24.0. The molecule has 1 fully saturated rings. The molecule has 0 atom stereocenters. The van der Waals surface area contributed by atoms with E-state index in [4.69, 9.17) is 0 Å². The molecule has 2 aromatic carbocycles. The fourth-order valence-corrected chi connectivity index (χ4v) is 5.63. The average Bonchev–Trinajstić information content (AvgIpc) is 2.85. The van der Waals surface area contributed by atoms with E-state index in [0.29, 0.717) is 29.9 Å². The summed E-state index contributed by atoms with van der Waals surface area (Å²) >= 11 is 0. The second-order valence-electron chi connectivity index (χ2n) is 8.35. The van der Waals surface area contributed by atoms with Crippen molar-refractivity contribution in [1.82, 2.24) is 9.21 Å². The summed E-state index contributed by atoms with van der Waals surface area (Å²) in [5, 5.41) is 2.79. The zero-order valence-electron chi connectivity index (χ0n) is 19.6. The van der Waals surface area contributed by atoms with E-state index in [-0.39, 0.29) is 22.8 Å². The van der Waals surface area contributed by atoms with Crippen molar-refractivity contribution in [1.29, 1.82) is 0 Å². The van der Waals surface area contributed by atoms with Crippen molar-refractivity contribution in [2.45, 2.75) is 56.9 Å². The summed E-state index contributed by atoms with van der Waals surface area (Å²) in [6, 6.07) is 12.8. The number of benzene rings is 2. The van der Waals surface area contributed by atoms with Crippen molar-refractivity contribution in [3.8, 4) is 0 Å². The molecule has 8 heteroatoms. The van der Waals surface area contributed by atoms with Crippen LogP contribution in [0.1, 0.15) is 66.7 Å². The van der Waals surface area contributed by atoms with Gasteiger partial charge in [-0.15, -0.1) is 0 Å². The van der Waals surface area contributed by atoms with Gasteiger partial charge in [0.05, 0.1) is 4.90 Å². The number of hydrogen-bond acceptors (Lipinski definition) is 4. The summed E-state index contributed by atoms with van der Waals surface area (Å²) in [6.45, 7) is 5.06. The Bertz CT molecular complexity index is 1070. The molecule has 0 unspecified atom stereocenters. The third-order valence-corrected chi connectivity index (χ3v) is 8.22. The first kappa shape index (κ1) is 24.9. The third kappa shape index (κ3) is 5.81. The van der Waals surface area contributed by atoms with Crippen molar-refractivity contribution in [2.75, 3.05) is 25.5 Å². The summed E-state index contributed by atoms with van der Waals surface area (Å²) in [4.78, 5) is 27.2. The van der Waals surface area contributed by atoms with Gasteiger partial charge < -0.3 is 10.2 Å². The number of anilines is 1. The summed E-state index contributed by atoms with van der Waals surface area (Å²) in [5.41, 5.74) is 1.35. The Morgan fingerprint density at radius 2 is 1.58 bits per heavy atom. The number of rotatable bonds is 8. The third-order valence-electron chi connectivity index (χ3n) is 6.30. The molecule has 1 aliphatic rings. The predicted molar refractivity (Wildman–Crippen MR) is 130 cm³/mol. The largest absolute Gasteiger partial charge is 0.339 e. The van der Waals surface area contributed by atoms with Gasteiger partial charge in [-0.3, -0.25) is 9.59 Å². The van der Waals surface area contributed by atoms with Crippen molar-refractivity contribution in [3.63, 3.8) is 0 Å². The number of amides is 2. The molecule has 1 saturated carbocycles. The lowest BCUT2D eigenvalue weighted by molar-refractivity contribution is 0.0772. The van der Waals surface area contributed by atoms with E-state index in [1.807, 2.05) is 13.8 Å². The van der Waals surface area contributed by atoms with Crippen molar-refractivity contribution in [3.05, 3.63) is 59.7 Å². The highest BCUT2D eigenvalue weighted by atomic mass is 32.2. The molecule has 2 amide bonds. The van der Waals surface area contributed by atoms with Crippen LogP contribution in [0.5, 0.6) is 0 Å². The Morgan fingerprint density at radius 3 is 2.18 bits per heavy atom. The van der Waals surface area contributed by atoms with Gasteiger partial charge in [-0.2, -0.15) is 4.31 Å². The van der Waals surface area contributed by atoms with E-state index >= 15 is 0 Å². The highest BCUT2D eigenvalue weighted by Crippen LogP contribution is 2.26. The second-order valence-corrected chi connectivity index (χ2v) is 10.3. The van der Waals surface area contributed by atoms with Crippen LogP contribution in [-0.4, -0.2) is 55.6 Å². The first-order valence-corrected chi connectivity index (χ1v) is 13.0. The molecule has 178 valence electrons. The topological polar surface area (TPSA) is 86.8 Å². The van der Waals surface area contributed by atoms with E-state index < -0.39 is 10.0 Å². The van der Waals surface area contributed by atoms with E-state index in [2.05, 4.69) is 5.32 Å². The molecular formula is C25H33N3O4S. The van der Waals surface area contributed by atoms with Crippen molar-refractivity contribution >= 4 is 27.5 Å². The molecule has 0 heterocycles. The van der Waals surface area contributed by atoms with Crippen LogP contribution in [0, 0.1) is 0 Å². The monoisotopic (exact) mass is 471 g/mol.